The summed E-state index contributed by atoms with van der Waals surface area (Å²) in [4.78, 5) is 2.62. The van der Waals surface area contributed by atoms with Crippen LogP contribution in [0.25, 0.3) is 0 Å². The van der Waals surface area contributed by atoms with Gasteiger partial charge in [0.25, 0.3) is 0 Å². The van der Waals surface area contributed by atoms with E-state index in [0.717, 1.165) is 19.3 Å². The third-order valence-corrected chi connectivity index (χ3v) is 5.86. The van der Waals surface area contributed by atoms with Crippen molar-refractivity contribution >= 4 is 11.3 Å². The van der Waals surface area contributed by atoms with E-state index < -0.39 is 12.1 Å². The first-order chi connectivity index (χ1) is 9.94. The second-order valence-corrected chi connectivity index (χ2v) is 7.24. The first kappa shape index (κ1) is 16.8. The van der Waals surface area contributed by atoms with Crippen LogP contribution in [0.3, 0.4) is 0 Å². The van der Waals surface area contributed by atoms with Gasteiger partial charge in [-0.05, 0) is 57.2 Å². The standard InChI is InChI=1S/C16H24F3NS/c1-3-13-7-8-14(21-13)10-15(20-2)11-5-4-6-12(9-11)16(17,18)19/h7-8,11-12,15,20H,3-6,9-10H2,1-2H3. The van der Waals surface area contributed by atoms with Gasteiger partial charge in [0.2, 0.25) is 0 Å². The highest BCUT2D eigenvalue weighted by atomic mass is 32.1. The predicted molar refractivity (Wildman–Crippen MR) is 81.8 cm³/mol. The van der Waals surface area contributed by atoms with Gasteiger partial charge in [-0.3, -0.25) is 0 Å². The van der Waals surface area contributed by atoms with E-state index in [0.29, 0.717) is 12.8 Å². The summed E-state index contributed by atoms with van der Waals surface area (Å²) < 4.78 is 38.8. The summed E-state index contributed by atoms with van der Waals surface area (Å²) >= 11 is 1.78. The molecule has 0 saturated heterocycles. The summed E-state index contributed by atoms with van der Waals surface area (Å²) in [5, 5.41) is 3.26. The summed E-state index contributed by atoms with van der Waals surface area (Å²) in [5.74, 6) is -0.982. The lowest BCUT2D eigenvalue weighted by Gasteiger charge is -2.35. The van der Waals surface area contributed by atoms with Crippen molar-refractivity contribution in [1.82, 2.24) is 5.32 Å². The maximum Gasteiger partial charge on any atom is 0.391 e. The Morgan fingerprint density at radius 3 is 2.57 bits per heavy atom. The van der Waals surface area contributed by atoms with Crippen molar-refractivity contribution in [2.45, 2.75) is 57.7 Å². The zero-order chi connectivity index (χ0) is 15.5. The highest BCUT2D eigenvalue weighted by Crippen LogP contribution is 2.41. The van der Waals surface area contributed by atoms with E-state index in [2.05, 4.69) is 24.4 Å². The highest BCUT2D eigenvalue weighted by Gasteiger charge is 2.43. The third kappa shape index (κ3) is 4.46. The number of rotatable bonds is 5. The van der Waals surface area contributed by atoms with E-state index in [-0.39, 0.29) is 18.4 Å². The van der Waals surface area contributed by atoms with Crippen molar-refractivity contribution in [2.24, 2.45) is 11.8 Å². The molecule has 0 radical (unpaired) electrons. The number of aryl methyl sites for hydroxylation is 1. The smallest absolute Gasteiger partial charge is 0.316 e. The number of likely N-dealkylation sites (N-methyl/N-ethyl adjacent to an activating group) is 1. The van der Waals surface area contributed by atoms with Crippen molar-refractivity contribution in [3.8, 4) is 0 Å². The van der Waals surface area contributed by atoms with Gasteiger partial charge < -0.3 is 5.32 Å². The minimum atomic E-state index is -4.03. The zero-order valence-corrected chi connectivity index (χ0v) is 13.5. The number of hydrogen-bond acceptors (Lipinski definition) is 2. The molecule has 1 fully saturated rings. The lowest BCUT2D eigenvalue weighted by atomic mass is 9.76. The Morgan fingerprint density at radius 1 is 1.29 bits per heavy atom. The molecular formula is C16H24F3NS. The van der Waals surface area contributed by atoms with Crippen LogP contribution < -0.4 is 5.32 Å². The van der Waals surface area contributed by atoms with Gasteiger partial charge in [-0.1, -0.05) is 13.3 Å². The van der Waals surface area contributed by atoms with E-state index in [1.807, 2.05) is 7.05 Å². The highest BCUT2D eigenvalue weighted by molar-refractivity contribution is 7.11. The minimum Gasteiger partial charge on any atom is -0.316 e. The van der Waals surface area contributed by atoms with Crippen LogP contribution in [0, 0.1) is 11.8 Å². The average Bonchev–Trinajstić information content (AvgIpc) is 2.91. The van der Waals surface area contributed by atoms with E-state index in [4.69, 9.17) is 0 Å². The Hall–Kier alpha value is -0.550. The van der Waals surface area contributed by atoms with Gasteiger partial charge in [-0.25, -0.2) is 0 Å². The molecule has 3 unspecified atom stereocenters. The van der Waals surface area contributed by atoms with Gasteiger partial charge in [0.15, 0.2) is 0 Å². The second kappa shape index (κ2) is 7.14. The van der Waals surface area contributed by atoms with Crippen molar-refractivity contribution < 1.29 is 13.2 Å². The molecule has 1 nitrogen and oxygen atoms in total. The Morgan fingerprint density at radius 2 is 2.00 bits per heavy atom. The fourth-order valence-electron chi connectivity index (χ4n) is 3.33. The van der Waals surface area contributed by atoms with Gasteiger partial charge in [0.1, 0.15) is 0 Å². The van der Waals surface area contributed by atoms with Gasteiger partial charge in [-0.15, -0.1) is 11.3 Å². The van der Waals surface area contributed by atoms with Crippen LogP contribution in [0.4, 0.5) is 13.2 Å². The summed E-state index contributed by atoms with van der Waals surface area (Å²) in [6, 6.07) is 4.41. The number of hydrogen-bond donors (Lipinski definition) is 1. The molecule has 1 aromatic heterocycles. The summed E-state index contributed by atoms with van der Waals surface area (Å²) in [5.41, 5.74) is 0. The van der Waals surface area contributed by atoms with Gasteiger partial charge >= 0.3 is 6.18 Å². The SMILES string of the molecule is CCc1ccc(CC(NC)C2CCCC(C(F)(F)F)C2)s1. The molecule has 1 N–H and O–H groups in total. The normalized spacial score (nSPS) is 25.0. The Balaban J connectivity index is 1.99. The van der Waals surface area contributed by atoms with Gasteiger partial charge in [-0.2, -0.15) is 13.2 Å². The minimum absolute atomic E-state index is 0.127. The Bertz CT molecular complexity index is 441. The maximum absolute atomic E-state index is 12.9. The Kier molecular flexibility index (Phi) is 5.72. The summed E-state index contributed by atoms with van der Waals surface area (Å²) in [6.07, 6.45) is 0.0123. The van der Waals surface area contributed by atoms with Crippen molar-refractivity contribution in [1.29, 1.82) is 0 Å². The molecule has 1 aliphatic rings. The molecule has 3 atom stereocenters. The molecule has 2 rings (SSSR count). The fraction of sp³-hybridized carbons (Fsp3) is 0.750. The average molecular weight is 319 g/mol. The molecule has 21 heavy (non-hydrogen) atoms. The van der Waals surface area contributed by atoms with Crippen molar-refractivity contribution in [2.75, 3.05) is 7.05 Å². The molecule has 1 aliphatic carbocycles. The predicted octanol–water partition coefficient (Wildman–Crippen LogP) is 4.81. The molecule has 120 valence electrons. The summed E-state index contributed by atoms with van der Waals surface area (Å²) in [6.45, 7) is 2.13. The van der Waals surface area contributed by atoms with Gasteiger partial charge in [0, 0.05) is 15.8 Å². The molecule has 1 saturated carbocycles. The molecular weight excluding hydrogens is 295 g/mol. The van der Waals surface area contributed by atoms with Crippen molar-refractivity contribution in [3.63, 3.8) is 0 Å². The molecule has 0 bridgehead atoms. The van der Waals surface area contributed by atoms with Crippen LogP contribution in [-0.4, -0.2) is 19.3 Å². The van der Waals surface area contributed by atoms with Crippen LogP contribution in [0.2, 0.25) is 0 Å². The molecule has 0 aromatic carbocycles. The zero-order valence-electron chi connectivity index (χ0n) is 12.7. The maximum atomic E-state index is 12.9. The van der Waals surface area contributed by atoms with E-state index in [9.17, 15) is 13.2 Å². The molecule has 0 spiro atoms. The van der Waals surface area contributed by atoms with Crippen molar-refractivity contribution in [3.05, 3.63) is 21.9 Å². The largest absolute Gasteiger partial charge is 0.391 e. The molecule has 1 aromatic rings. The van der Waals surface area contributed by atoms with E-state index >= 15 is 0 Å². The fourth-order valence-corrected chi connectivity index (χ4v) is 4.35. The first-order valence-corrected chi connectivity index (χ1v) is 8.57. The third-order valence-electron chi connectivity index (χ3n) is 4.60. The lowest BCUT2D eigenvalue weighted by Crippen LogP contribution is -2.40. The molecule has 0 aliphatic heterocycles. The van der Waals surface area contributed by atoms with Crippen LogP contribution in [-0.2, 0) is 12.8 Å². The first-order valence-electron chi connectivity index (χ1n) is 7.75. The monoisotopic (exact) mass is 319 g/mol. The second-order valence-electron chi connectivity index (χ2n) is 5.99. The molecule has 5 heteroatoms. The molecule has 0 amide bonds. The number of halogens is 3. The van der Waals surface area contributed by atoms with Crippen LogP contribution in [0.15, 0.2) is 12.1 Å². The molecule has 1 heterocycles. The van der Waals surface area contributed by atoms with Crippen LogP contribution in [0.1, 0.15) is 42.4 Å². The van der Waals surface area contributed by atoms with E-state index in [1.165, 1.54) is 9.75 Å². The van der Waals surface area contributed by atoms with E-state index in [1.54, 1.807) is 11.3 Å². The topological polar surface area (TPSA) is 12.0 Å². The number of thiophene rings is 1. The van der Waals surface area contributed by atoms with Crippen LogP contribution >= 0.6 is 11.3 Å². The number of nitrogens with one attached hydrogen (secondary N) is 1. The summed E-state index contributed by atoms with van der Waals surface area (Å²) in [7, 11) is 1.87. The quantitative estimate of drug-likeness (QED) is 0.821. The lowest BCUT2D eigenvalue weighted by molar-refractivity contribution is -0.186. The van der Waals surface area contributed by atoms with Gasteiger partial charge in [0.05, 0.1) is 5.92 Å². The number of alkyl halides is 3. The Labute approximate surface area is 128 Å². The van der Waals surface area contributed by atoms with Crippen LogP contribution in [0.5, 0.6) is 0 Å².